The van der Waals surface area contributed by atoms with Gasteiger partial charge in [-0.3, -0.25) is 9.59 Å². The summed E-state index contributed by atoms with van der Waals surface area (Å²) in [6.07, 6.45) is 5.17. The molecule has 0 unspecified atom stereocenters. The van der Waals surface area contributed by atoms with Gasteiger partial charge in [-0.05, 0) is 32.6 Å². The second-order valence-electron chi connectivity index (χ2n) is 3.78. The molecule has 1 radical (unpaired) electrons. The highest BCUT2D eigenvalue weighted by molar-refractivity contribution is 6.09. The molecular weight excluding hydrogens is 196 g/mol. The van der Waals surface area contributed by atoms with Gasteiger partial charge in [-0.25, -0.2) is 0 Å². The lowest BCUT2D eigenvalue weighted by atomic mass is 9.97. The topological polar surface area (TPSA) is 52.6 Å². The van der Waals surface area contributed by atoms with E-state index in [1.807, 2.05) is 0 Å². The van der Waals surface area contributed by atoms with Crippen molar-refractivity contribution >= 4 is 11.9 Å². The summed E-state index contributed by atoms with van der Waals surface area (Å²) in [6.45, 7) is 1.43. The number of carbonyl (C=O) groups is 2. The summed E-state index contributed by atoms with van der Waals surface area (Å²) in [5.74, 6) is -1.15. The first kappa shape index (κ1) is 12.0. The van der Waals surface area contributed by atoms with Crippen molar-refractivity contribution in [1.82, 2.24) is 0 Å². The van der Waals surface area contributed by atoms with Crippen molar-refractivity contribution in [2.45, 2.75) is 45.1 Å². The van der Waals surface area contributed by atoms with E-state index in [1.165, 1.54) is 20.5 Å². The van der Waals surface area contributed by atoms with Gasteiger partial charge in [-0.1, -0.05) is 6.42 Å². The Morgan fingerprint density at radius 3 is 2.20 bits per heavy atom. The lowest BCUT2D eigenvalue weighted by molar-refractivity contribution is -0.153. The predicted octanol–water partition coefficient (Wildman–Crippen LogP) is 1.63. The van der Waals surface area contributed by atoms with Gasteiger partial charge in [0.05, 0.1) is 7.11 Å². The molecule has 1 rings (SSSR count). The van der Waals surface area contributed by atoms with Gasteiger partial charge in [0.1, 0.15) is 6.10 Å². The number of esters is 2. The van der Waals surface area contributed by atoms with E-state index in [0.29, 0.717) is 0 Å². The second kappa shape index (κ2) is 5.73. The molecule has 0 atom stereocenters. The second-order valence-corrected chi connectivity index (χ2v) is 3.78. The monoisotopic (exact) mass is 213 g/mol. The van der Waals surface area contributed by atoms with Gasteiger partial charge in [-0.15, -0.1) is 0 Å². The molecule has 1 fully saturated rings. The fraction of sp³-hybridized carbons (Fsp3) is 0.727. The van der Waals surface area contributed by atoms with Crippen molar-refractivity contribution in [3.8, 4) is 0 Å². The number of ether oxygens (including phenoxy) is 2. The van der Waals surface area contributed by atoms with E-state index >= 15 is 0 Å². The highest BCUT2D eigenvalue weighted by atomic mass is 16.6. The van der Waals surface area contributed by atoms with E-state index in [9.17, 15) is 9.59 Å². The van der Waals surface area contributed by atoms with Crippen molar-refractivity contribution in [3.05, 3.63) is 5.92 Å². The third-order valence-electron chi connectivity index (χ3n) is 2.62. The maximum atomic E-state index is 11.5. The molecule has 0 aliphatic heterocycles. The predicted molar refractivity (Wildman–Crippen MR) is 53.9 cm³/mol. The van der Waals surface area contributed by atoms with Crippen LogP contribution in [0.1, 0.15) is 39.0 Å². The number of hydrogen-bond acceptors (Lipinski definition) is 4. The van der Waals surface area contributed by atoms with Crippen molar-refractivity contribution in [3.63, 3.8) is 0 Å². The van der Waals surface area contributed by atoms with Gasteiger partial charge >= 0.3 is 11.9 Å². The Morgan fingerprint density at radius 1 is 1.07 bits per heavy atom. The first-order valence-electron chi connectivity index (χ1n) is 5.28. The first-order valence-corrected chi connectivity index (χ1v) is 5.28. The molecule has 0 aromatic carbocycles. The van der Waals surface area contributed by atoms with Crippen molar-refractivity contribution in [2.24, 2.45) is 0 Å². The third-order valence-corrected chi connectivity index (χ3v) is 2.62. The molecule has 0 aromatic heterocycles. The molecule has 85 valence electrons. The highest BCUT2D eigenvalue weighted by Gasteiger charge is 2.28. The van der Waals surface area contributed by atoms with E-state index in [4.69, 9.17) is 4.74 Å². The molecule has 1 aliphatic rings. The van der Waals surface area contributed by atoms with E-state index in [1.54, 1.807) is 0 Å². The molecule has 0 amide bonds. The zero-order chi connectivity index (χ0) is 11.3. The standard InChI is InChI=1S/C11H17O4/c1-8(10(12)14-2)11(13)15-9-6-4-3-5-7-9/h9H,3-7H2,1-2H3. The highest BCUT2D eigenvalue weighted by Crippen LogP contribution is 2.21. The van der Waals surface area contributed by atoms with Crippen molar-refractivity contribution in [1.29, 1.82) is 0 Å². The zero-order valence-electron chi connectivity index (χ0n) is 9.25. The SMILES string of the molecule is COC(=O)[C](C)C(=O)OC1CCCCC1. The Bertz CT molecular complexity index is 231. The number of hydrogen-bond donors (Lipinski definition) is 0. The Balaban J connectivity index is 2.36. The number of rotatable bonds is 3. The van der Waals surface area contributed by atoms with Crippen LogP contribution < -0.4 is 0 Å². The van der Waals surface area contributed by atoms with Crippen LogP contribution in [0.4, 0.5) is 0 Å². The fourth-order valence-corrected chi connectivity index (χ4v) is 1.66. The number of carbonyl (C=O) groups excluding carboxylic acids is 2. The third kappa shape index (κ3) is 3.53. The molecule has 0 aromatic rings. The average molecular weight is 213 g/mol. The van der Waals surface area contributed by atoms with Crippen LogP contribution in [0.3, 0.4) is 0 Å². The maximum absolute atomic E-state index is 11.5. The molecular formula is C11H17O4. The summed E-state index contributed by atoms with van der Waals surface area (Å²) >= 11 is 0. The minimum atomic E-state index is -0.615. The molecule has 0 N–H and O–H groups in total. The summed E-state index contributed by atoms with van der Waals surface area (Å²) in [6, 6.07) is 0. The van der Waals surface area contributed by atoms with Gasteiger partial charge in [0.2, 0.25) is 0 Å². The Morgan fingerprint density at radius 2 is 1.67 bits per heavy atom. The smallest absolute Gasteiger partial charge is 0.325 e. The number of methoxy groups -OCH3 is 1. The molecule has 4 nitrogen and oxygen atoms in total. The average Bonchev–Trinajstić information content (AvgIpc) is 2.28. The fourth-order valence-electron chi connectivity index (χ4n) is 1.66. The van der Waals surface area contributed by atoms with Gasteiger partial charge in [0, 0.05) is 0 Å². The lowest BCUT2D eigenvalue weighted by Crippen LogP contribution is -2.28. The first-order chi connectivity index (χ1) is 7.15. The quantitative estimate of drug-likeness (QED) is 0.528. The van der Waals surface area contributed by atoms with Crippen LogP contribution in [-0.4, -0.2) is 25.2 Å². The van der Waals surface area contributed by atoms with Crippen LogP contribution >= 0.6 is 0 Å². The van der Waals surface area contributed by atoms with Crippen LogP contribution in [0, 0.1) is 5.92 Å². The Labute approximate surface area is 89.9 Å². The van der Waals surface area contributed by atoms with E-state index in [0.717, 1.165) is 25.7 Å². The van der Waals surface area contributed by atoms with E-state index in [-0.39, 0.29) is 12.0 Å². The van der Waals surface area contributed by atoms with Gasteiger partial charge in [-0.2, -0.15) is 0 Å². The minimum absolute atomic E-state index is 0.0167. The van der Waals surface area contributed by atoms with Crippen LogP contribution in [0.15, 0.2) is 0 Å². The van der Waals surface area contributed by atoms with E-state index in [2.05, 4.69) is 4.74 Å². The zero-order valence-corrected chi connectivity index (χ0v) is 9.25. The summed E-state index contributed by atoms with van der Waals surface area (Å²) in [5, 5.41) is 0. The Kier molecular flexibility index (Phi) is 4.59. The minimum Gasteiger partial charge on any atom is -0.468 e. The van der Waals surface area contributed by atoms with Crippen LogP contribution in [-0.2, 0) is 19.1 Å². The molecule has 0 spiro atoms. The lowest BCUT2D eigenvalue weighted by Gasteiger charge is -2.22. The van der Waals surface area contributed by atoms with Crippen LogP contribution in [0.2, 0.25) is 0 Å². The molecule has 0 heterocycles. The molecule has 0 bridgehead atoms. The molecule has 1 aliphatic carbocycles. The molecule has 4 heteroatoms. The summed E-state index contributed by atoms with van der Waals surface area (Å²) in [4.78, 5) is 22.5. The van der Waals surface area contributed by atoms with Crippen molar-refractivity contribution in [2.75, 3.05) is 7.11 Å². The van der Waals surface area contributed by atoms with Gasteiger partial charge in [0.15, 0.2) is 5.92 Å². The molecule has 1 saturated carbocycles. The van der Waals surface area contributed by atoms with Crippen molar-refractivity contribution < 1.29 is 19.1 Å². The largest absolute Gasteiger partial charge is 0.468 e. The van der Waals surface area contributed by atoms with Gasteiger partial charge in [0.25, 0.3) is 0 Å². The maximum Gasteiger partial charge on any atom is 0.325 e. The summed E-state index contributed by atoms with van der Waals surface area (Å²) in [5.41, 5.74) is 0. The van der Waals surface area contributed by atoms with Crippen LogP contribution in [0.25, 0.3) is 0 Å². The Hall–Kier alpha value is -1.06. The van der Waals surface area contributed by atoms with Gasteiger partial charge < -0.3 is 9.47 Å². The molecule has 15 heavy (non-hydrogen) atoms. The van der Waals surface area contributed by atoms with E-state index < -0.39 is 11.9 Å². The normalized spacial score (nSPS) is 17.5. The summed E-state index contributed by atoms with van der Waals surface area (Å²) in [7, 11) is 1.25. The summed E-state index contributed by atoms with van der Waals surface area (Å²) < 4.78 is 9.64. The molecule has 0 saturated heterocycles. The van der Waals surface area contributed by atoms with Crippen LogP contribution in [0.5, 0.6) is 0 Å².